The Kier molecular flexibility index (Phi) is 70.7. The monoisotopic (exact) mass is 1190 g/mol. The number of quaternary nitrogens is 10. The first kappa shape index (κ1) is 89.5. The second-order valence-corrected chi connectivity index (χ2v) is 22.2. The molecule has 5 aromatic rings. The van der Waals surface area contributed by atoms with E-state index in [1.807, 2.05) is 6.07 Å². The molecule has 0 fully saturated rings. The van der Waals surface area contributed by atoms with Crippen molar-refractivity contribution in [2.75, 3.05) is 167 Å². The van der Waals surface area contributed by atoms with Crippen LogP contribution in [0.15, 0.2) is 152 Å². The standard InChI is InChI=1S/C11H17N.3C10H15N.C9H13N.C6H15N.3C5H13N.C4H11N/c1-3-10-12(4-2)11-8-6-5-7-9-11;3*1-3-11(4-2)10-8-6-5-7-9-10;1-3-10(2)9-7-5-4-6-8-9;1-4-6-7(3)5-2;3*1-4-6(3)5-2;1-4-5(2)3/h5-9H,3-4,10H2,1-2H3;3*5-9H,3-4H2,1-2H3;4-8H,3H2,1-2H3;4-6H2,1-3H3;3*4-5H2,1-3H3;4H2,1-3H3/p+10. The highest BCUT2D eigenvalue weighted by Crippen LogP contribution is 2.01. The Morgan fingerprint density at radius 2 is 0.400 bits per heavy atom. The lowest BCUT2D eigenvalue weighted by Gasteiger charge is -2.15. The quantitative estimate of drug-likeness (QED) is 0.0423. The van der Waals surface area contributed by atoms with Gasteiger partial charge in [0.25, 0.3) is 0 Å². The molecular formula is C75H150N10+10. The predicted octanol–water partition coefficient (Wildman–Crippen LogP) is 3.92. The van der Waals surface area contributed by atoms with E-state index in [0.29, 0.717) is 0 Å². The Bertz CT molecular complexity index is 1800. The minimum atomic E-state index is 1.14. The van der Waals surface area contributed by atoms with Gasteiger partial charge in [-0.15, -0.1) is 0 Å². The second kappa shape index (κ2) is 67.2. The molecule has 0 heterocycles. The first-order chi connectivity index (χ1) is 40.9. The summed E-state index contributed by atoms with van der Waals surface area (Å²) in [5.41, 5.74) is 6.99. The van der Waals surface area contributed by atoms with Gasteiger partial charge in [-0.05, 0) is 184 Å². The van der Waals surface area contributed by atoms with Crippen molar-refractivity contribution in [2.24, 2.45) is 0 Å². The third-order valence-corrected chi connectivity index (χ3v) is 15.7. The summed E-state index contributed by atoms with van der Waals surface area (Å²) in [5.74, 6) is 0. The van der Waals surface area contributed by atoms with Crippen molar-refractivity contribution in [3.05, 3.63) is 152 Å². The van der Waals surface area contributed by atoms with Gasteiger partial charge >= 0.3 is 0 Å². The molecule has 10 heteroatoms. The van der Waals surface area contributed by atoms with Crippen LogP contribution in [0.5, 0.6) is 0 Å². The van der Waals surface area contributed by atoms with Crippen LogP contribution in [-0.2, 0) is 0 Å². The molecule has 0 saturated heterocycles. The van der Waals surface area contributed by atoms with E-state index in [-0.39, 0.29) is 0 Å². The van der Waals surface area contributed by atoms with Gasteiger partial charge < -0.3 is 49.0 Å². The van der Waals surface area contributed by atoms with Crippen LogP contribution in [0.4, 0.5) is 28.4 Å². The van der Waals surface area contributed by atoms with E-state index in [9.17, 15) is 0 Å². The average Bonchev–Trinajstić information content (AvgIpc) is 3.57. The summed E-state index contributed by atoms with van der Waals surface area (Å²) < 4.78 is 0. The highest BCUT2D eigenvalue weighted by atomic mass is 15.1. The first-order valence-corrected chi connectivity index (χ1v) is 34.4. The van der Waals surface area contributed by atoms with Gasteiger partial charge in [-0.25, -0.2) is 0 Å². The van der Waals surface area contributed by atoms with E-state index in [1.165, 1.54) is 162 Å². The summed E-state index contributed by atoms with van der Waals surface area (Å²) in [6, 6.07) is 53.1. The van der Waals surface area contributed by atoms with Crippen LogP contribution in [0.2, 0.25) is 0 Å². The molecule has 0 radical (unpaired) electrons. The maximum absolute atomic E-state index is 2.23. The van der Waals surface area contributed by atoms with Crippen molar-refractivity contribution in [3.63, 3.8) is 0 Å². The van der Waals surface area contributed by atoms with Crippen molar-refractivity contribution in [1.82, 2.24) is 0 Å². The molecule has 3 atom stereocenters. The Morgan fingerprint density at radius 3 is 0.541 bits per heavy atom. The molecular weight excluding hydrogens is 1040 g/mol. The van der Waals surface area contributed by atoms with Crippen LogP contribution in [0, 0.1) is 0 Å². The molecule has 3 unspecified atom stereocenters. The summed E-state index contributed by atoms with van der Waals surface area (Å²) in [5, 5.41) is 0. The molecule has 0 aliphatic rings. The van der Waals surface area contributed by atoms with E-state index in [2.05, 4.69) is 320 Å². The third kappa shape index (κ3) is 54.8. The van der Waals surface area contributed by atoms with Gasteiger partial charge in [0, 0.05) is 0 Å². The number of rotatable bonds is 25. The van der Waals surface area contributed by atoms with Gasteiger partial charge in [-0.1, -0.05) is 105 Å². The fourth-order valence-electron chi connectivity index (χ4n) is 7.78. The highest BCUT2D eigenvalue weighted by molar-refractivity contribution is 5.30. The third-order valence-electron chi connectivity index (χ3n) is 15.7. The summed E-state index contributed by atoms with van der Waals surface area (Å²) in [7, 11) is 15.3. The maximum Gasteiger partial charge on any atom is 0.131 e. The lowest BCUT2D eigenvalue weighted by Crippen LogP contribution is -3.08. The van der Waals surface area contributed by atoms with Crippen LogP contribution < -0.4 is 49.0 Å². The van der Waals surface area contributed by atoms with Gasteiger partial charge in [-0.2, -0.15) is 0 Å². The van der Waals surface area contributed by atoms with Crippen LogP contribution in [-0.4, -0.2) is 167 Å². The first-order valence-electron chi connectivity index (χ1n) is 34.4. The molecule has 85 heavy (non-hydrogen) atoms. The molecule has 0 spiro atoms. The van der Waals surface area contributed by atoms with Crippen LogP contribution in [0.25, 0.3) is 0 Å². The molecule has 5 rings (SSSR count). The molecule has 0 saturated carbocycles. The maximum atomic E-state index is 2.23. The Balaban J connectivity index is -0.000000283. The fourth-order valence-corrected chi connectivity index (χ4v) is 7.78. The van der Waals surface area contributed by atoms with Crippen LogP contribution >= 0.6 is 0 Å². The van der Waals surface area contributed by atoms with Crippen molar-refractivity contribution in [3.8, 4) is 0 Å². The summed E-state index contributed by atoms with van der Waals surface area (Å²) in [6.07, 6.45) is 2.55. The van der Waals surface area contributed by atoms with E-state index in [1.54, 1.807) is 39.2 Å². The summed E-state index contributed by atoms with van der Waals surface area (Å²) >= 11 is 0. The molecule has 10 N–H and O–H groups in total. The lowest BCUT2D eigenvalue weighted by molar-refractivity contribution is -0.877. The zero-order valence-corrected chi connectivity index (χ0v) is 61.1. The van der Waals surface area contributed by atoms with Crippen molar-refractivity contribution < 1.29 is 49.0 Å². The van der Waals surface area contributed by atoms with E-state index in [0.717, 1.165) is 6.54 Å². The Morgan fingerprint density at radius 1 is 0.200 bits per heavy atom. The van der Waals surface area contributed by atoms with Gasteiger partial charge in [0.05, 0.1) is 167 Å². The predicted molar refractivity (Wildman–Crippen MR) is 381 cm³/mol. The largest absolute Gasteiger partial charge is 0.340 e. The zero-order chi connectivity index (χ0) is 65.5. The molecule has 0 aromatic heterocycles. The Labute approximate surface area is 531 Å². The molecule has 0 amide bonds. The van der Waals surface area contributed by atoms with E-state index < -0.39 is 0 Å². The van der Waals surface area contributed by atoms with Gasteiger partial charge in [0.15, 0.2) is 0 Å². The number of nitrogens with one attached hydrogen (secondary N) is 10. The zero-order valence-electron chi connectivity index (χ0n) is 61.1. The van der Waals surface area contributed by atoms with Crippen molar-refractivity contribution in [1.29, 1.82) is 0 Å². The highest BCUT2D eigenvalue weighted by Gasteiger charge is 2.08. The van der Waals surface area contributed by atoms with Crippen molar-refractivity contribution in [2.45, 2.75) is 137 Å². The minimum absolute atomic E-state index is 1.14. The average molecular weight is 1190 g/mol. The van der Waals surface area contributed by atoms with Crippen molar-refractivity contribution >= 4 is 28.4 Å². The fraction of sp³-hybridized carbons (Fsp3) is 0.600. The van der Waals surface area contributed by atoms with Crippen LogP contribution in [0.1, 0.15) is 137 Å². The SMILES string of the molecule is CCC[NH+](C)CC.CCC[NH+](CC)c1ccccc1.CC[NH+](C)C.CC[NH+](C)CC.CC[NH+](C)CC.CC[NH+](C)CC.CC[NH+](C)c1ccccc1.CC[NH+](CC)c1ccccc1.CC[NH+](CC)c1ccccc1.CC[NH+](CC)c1ccccc1. The number of hydrogen-bond acceptors (Lipinski definition) is 0. The number of para-hydroxylation sites is 5. The van der Waals surface area contributed by atoms with E-state index >= 15 is 0 Å². The topological polar surface area (TPSA) is 44.4 Å². The summed E-state index contributed by atoms with van der Waals surface area (Å²) in [6.45, 7) is 61.5. The smallest absolute Gasteiger partial charge is 0.131 e. The molecule has 0 bridgehead atoms. The molecule has 0 aliphatic heterocycles. The van der Waals surface area contributed by atoms with Gasteiger partial charge in [0.1, 0.15) is 28.4 Å². The lowest BCUT2D eigenvalue weighted by atomic mass is 10.3. The second-order valence-electron chi connectivity index (χ2n) is 22.2. The molecule has 490 valence electrons. The number of hydrogen-bond donors (Lipinski definition) is 10. The molecule has 0 aliphatic carbocycles. The molecule has 5 aromatic carbocycles. The minimum Gasteiger partial charge on any atom is -0.340 e. The van der Waals surface area contributed by atoms with Gasteiger partial charge in [0.2, 0.25) is 0 Å². The number of benzene rings is 5. The van der Waals surface area contributed by atoms with Crippen LogP contribution in [0.3, 0.4) is 0 Å². The summed E-state index contributed by atoms with van der Waals surface area (Å²) in [4.78, 5) is 15.6. The van der Waals surface area contributed by atoms with Gasteiger partial charge in [-0.3, -0.25) is 0 Å². The molecule has 10 nitrogen and oxygen atoms in total. The van der Waals surface area contributed by atoms with E-state index in [4.69, 9.17) is 0 Å². The normalized spacial score (nSPS) is 11.2. The Hall–Kier alpha value is -4.30.